The molecule has 0 unspecified atom stereocenters. The first-order valence-corrected chi connectivity index (χ1v) is 8.46. The molecule has 0 spiro atoms. The van der Waals surface area contributed by atoms with E-state index in [2.05, 4.69) is 12.0 Å². The smallest absolute Gasteiger partial charge is 0.243 e. The van der Waals surface area contributed by atoms with Crippen LogP contribution in [0.1, 0.15) is 29.4 Å². The lowest BCUT2D eigenvalue weighted by atomic mass is 10.0. The summed E-state index contributed by atoms with van der Waals surface area (Å²) >= 11 is 12.1. The molecule has 0 aliphatic rings. The zero-order valence-electron chi connectivity index (χ0n) is 13.9. The topological polar surface area (TPSA) is 38.1 Å². The Morgan fingerprint density at radius 2 is 2.00 bits per heavy atom. The molecule has 1 amide bonds. The van der Waals surface area contributed by atoms with Crippen molar-refractivity contribution < 1.29 is 4.79 Å². The van der Waals surface area contributed by atoms with Gasteiger partial charge in [-0.15, -0.1) is 11.6 Å². The van der Waals surface area contributed by atoms with Crippen LogP contribution in [0, 0.1) is 20.8 Å². The van der Waals surface area contributed by atoms with Gasteiger partial charge in [-0.05, 0) is 38.3 Å². The highest BCUT2D eigenvalue weighted by atomic mass is 35.5. The average Bonchev–Trinajstić information content (AvgIpc) is 2.79. The number of nitrogens with zero attached hydrogens (tertiary/aromatic N) is 3. The Bertz CT molecular complexity index is 725. The van der Waals surface area contributed by atoms with Crippen molar-refractivity contribution in [2.24, 2.45) is 0 Å². The van der Waals surface area contributed by atoms with E-state index in [9.17, 15) is 4.79 Å². The van der Waals surface area contributed by atoms with Crippen molar-refractivity contribution >= 4 is 34.8 Å². The molecule has 6 heteroatoms. The lowest BCUT2D eigenvalue weighted by molar-refractivity contribution is -0.116. The van der Waals surface area contributed by atoms with E-state index < -0.39 is 0 Å². The summed E-state index contributed by atoms with van der Waals surface area (Å²) in [5, 5.41) is 5.05. The number of alkyl halides is 1. The minimum atomic E-state index is -0.153. The van der Waals surface area contributed by atoms with Crippen molar-refractivity contribution in [1.29, 1.82) is 0 Å². The summed E-state index contributed by atoms with van der Waals surface area (Å²) in [4.78, 5) is 14.2. The molecule has 0 atom stereocenters. The van der Waals surface area contributed by atoms with Crippen LogP contribution >= 0.6 is 23.2 Å². The number of amides is 1. The summed E-state index contributed by atoms with van der Waals surface area (Å²) in [6.45, 7) is 8.11. The first kappa shape index (κ1) is 17.8. The SMILES string of the molecule is CCc1cccc(C)c1N(Cn1nc(C)c(Cl)c1C)C(=O)CCl. The van der Waals surface area contributed by atoms with Crippen molar-refractivity contribution in [3.05, 3.63) is 45.7 Å². The molecule has 1 aromatic carbocycles. The van der Waals surface area contributed by atoms with Gasteiger partial charge in [0.2, 0.25) is 5.91 Å². The number of carbonyl (C=O) groups is 1. The average molecular weight is 354 g/mol. The van der Waals surface area contributed by atoms with E-state index in [0.29, 0.717) is 11.7 Å². The van der Waals surface area contributed by atoms with Crippen molar-refractivity contribution in [3.8, 4) is 0 Å². The summed E-state index contributed by atoms with van der Waals surface area (Å²) in [5.74, 6) is -0.232. The summed E-state index contributed by atoms with van der Waals surface area (Å²) < 4.78 is 1.74. The number of halogens is 2. The Kier molecular flexibility index (Phi) is 5.71. The summed E-state index contributed by atoms with van der Waals surface area (Å²) in [5.41, 5.74) is 4.64. The molecule has 0 bridgehead atoms. The van der Waals surface area contributed by atoms with Gasteiger partial charge in [0.15, 0.2) is 0 Å². The molecular formula is C17H21Cl2N3O. The van der Waals surface area contributed by atoms with Crippen LogP contribution in [0.15, 0.2) is 18.2 Å². The maximum Gasteiger partial charge on any atom is 0.243 e. The van der Waals surface area contributed by atoms with Gasteiger partial charge in [0.05, 0.1) is 22.1 Å². The number of para-hydroxylation sites is 1. The van der Waals surface area contributed by atoms with E-state index in [4.69, 9.17) is 23.2 Å². The van der Waals surface area contributed by atoms with Gasteiger partial charge in [0, 0.05) is 0 Å². The molecule has 0 saturated carbocycles. The highest BCUT2D eigenvalue weighted by Crippen LogP contribution is 2.28. The Balaban J connectivity index is 2.51. The van der Waals surface area contributed by atoms with E-state index in [1.54, 1.807) is 9.58 Å². The minimum Gasteiger partial charge on any atom is -0.291 e. The van der Waals surface area contributed by atoms with E-state index in [1.165, 1.54) is 0 Å². The number of aromatic nitrogens is 2. The normalized spacial score (nSPS) is 10.9. The third-order valence-corrected chi connectivity index (χ3v) is 4.73. The second-order valence-electron chi connectivity index (χ2n) is 5.52. The maximum atomic E-state index is 12.5. The fraction of sp³-hybridized carbons (Fsp3) is 0.412. The van der Waals surface area contributed by atoms with E-state index in [-0.39, 0.29) is 11.8 Å². The van der Waals surface area contributed by atoms with Crippen LogP contribution in [0.2, 0.25) is 5.02 Å². The number of benzene rings is 1. The molecule has 1 aromatic heterocycles. The fourth-order valence-electron chi connectivity index (χ4n) is 2.68. The monoisotopic (exact) mass is 353 g/mol. The van der Waals surface area contributed by atoms with Crippen LogP contribution in [0.25, 0.3) is 0 Å². The zero-order chi connectivity index (χ0) is 17.1. The highest BCUT2D eigenvalue weighted by Gasteiger charge is 2.22. The number of aryl methyl sites for hydroxylation is 3. The predicted molar refractivity (Wildman–Crippen MR) is 95.5 cm³/mol. The van der Waals surface area contributed by atoms with Gasteiger partial charge in [-0.1, -0.05) is 36.7 Å². The van der Waals surface area contributed by atoms with Crippen molar-refractivity contribution in [2.45, 2.75) is 40.8 Å². The van der Waals surface area contributed by atoms with Crippen LogP contribution in [-0.2, 0) is 17.9 Å². The second-order valence-corrected chi connectivity index (χ2v) is 6.16. The number of hydrogen-bond donors (Lipinski definition) is 0. The number of anilines is 1. The van der Waals surface area contributed by atoms with Crippen molar-refractivity contribution in [3.63, 3.8) is 0 Å². The molecule has 0 aliphatic heterocycles. The number of hydrogen-bond acceptors (Lipinski definition) is 2. The predicted octanol–water partition coefficient (Wildman–Crippen LogP) is 4.25. The molecule has 0 N–H and O–H groups in total. The molecule has 0 aliphatic carbocycles. The standard InChI is InChI=1S/C17H21Cl2N3O/c1-5-14-8-6-7-11(2)17(14)21(15(23)9-18)10-22-13(4)16(19)12(3)20-22/h6-8H,5,9-10H2,1-4H3. The maximum absolute atomic E-state index is 12.5. The van der Waals surface area contributed by atoms with Gasteiger partial charge < -0.3 is 0 Å². The lowest BCUT2D eigenvalue weighted by Gasteiger charge is -2.26. The first-order valence-electron chi connectivity index (χ1n) is 7.55. The molecule has 1 heterocycles. The molecule has 23 heavy (non-hydrogen) atoms. The fourth-order valence-corrected chi connectivity index (χ4v) is 2.96. The van der Waals surface area contributed by atoms with Crippen molar-refractivity contribution in [2.75, 3.05) is 10.8 Å². The van der Waals surface area contributed by atoms with E-state index in [0.717, 1.165) is 34.6 Å². The third-order valence-electron chi connectivity index (χ3n) is 3.96. The van der Waals surface area contributed by atoms with Gasteiger partial charge in [-0.3, -0.25) is 9.69 Å². The minimum absolute atomic E-state index is 0.0789. The Morgan fingerprint density at radius 3 is 2.52 bits per heavy atom. The first-order chi connectivity index (χ1) is 10.9. The van der Waals surface area contributed by atoms with E-state index in [1.807, 2.05) is 39.0 Å². The quantitative estimate of drug-likeness (QED) is 0.753. The third kappa shape index (κ3) is 3.54. The molecule has 0 fully saturated rings. The molecule has 124 valence electrons. The van der Waals surface area contributed by atoms with Crippen LogP contribution in [0.3, 0.4) is 0 Å². The number of carbonyl (C=O) groups excluding carboxylic acids is 1. The molecule has 2 aromatic rings. The molecule has 4 nitrogen and oxygen atoms in total. The summed E-state index contributed by atoms with van der Waals surface area (Å²) in [6, 6.07) is 6.03. The molecule has 0 radical (unpaired) electrons. The molecule has 0 saturated heterocycles. The van der Waals surface area contributed by atoms with Gasteiger partial charge in [-0.25, -0.2) is 4.68 Å². The Labute approximate surface area is 147 Å². The van der Waals surface area contributed by atoms with Crippen molar-refractivity contribution in [1.82, 2.24) is 9.78 Å². The summed E-state index contributed by atoms with van der Waals surface area (Å²) in [6.07, 6.45) is 0.834. The van der Waals surface area contributed by atoms with Crippen LogP contribution in [0.4, 0.5) is 5.69 Å². The van der Waals surface area contributed by atoms with Gasteiger partial charge in [-0.2, -0.15) is 5.10 Å². The zero-order valence-corrected chi connectivity index (χ0v) is 15.4. The Hall–Kier alpha value is -1.52. The van der Waals surface area contributed by atoms with Gasteiger partial charge in [0.25, 0.3) is 0 Å². The Morgan fingerprint density at radius 1 is 1.30 bits per heavy atom. The molecule has 2 rings (SSSR count). The molecular weight excluding hydrogens is 333 g/mol. The highest BCUT2D eigenvalue weighted by molar-refractivity contribution is 6.31. The van der Waals surface area contributed by atoms with E-state index >= 15 is 0 Å². The van der Waals surface area contributed by atoms with Crippen LogP contribution < -0.4 is 4.90 Å². The van der Waals surface area contributed by atoms with Gasteiger partial charge >= 0.3 is 0 Å². The van der Waals surface area contributed by atoms with Crippen LogP contribution in [-0.4, -0.2) is 21.6 Å². The summed E-state index contributed by atoms with van der Waals surface area (Å²) in [7, 11) is 0. The van der Waals surface area contributed by atoms with Crippen LogP contribution in [0.5, 0.6) is 0 Å². The second kappa shape index (κ2) is 7.37. The number of rotatable bonds is 5. The van der Waals surface area contributed by atoms with Gasteiger partial charge in [0.1, 0.15) is 12.5 Å². The lowest BCUT2D eigenvalue weighted by Crippen LogP contribution is -2.36. The largest absolute Gasteiger partial charge is 0.291 e.